The van der Waals surface area contributed by atoms with E-state index in [1.54, 1.807) is 0 Å². The maximum atomic E-state index is 11.6. The second kappa shape index (κ2) is 15.5. The number of halogens is 1. The van der Waals surface area contributed by atoms with E-state index < -0.39 is 0 Å². The monoisotopic (exact) mass is 377 g/mol. The van der Waals surface area contributed by atoms with Crippen molar-refractivity contribution in [3.05, 3.63) is 12.7 Å². The zero-order valence-electron chi connectivity index (χ0n) is 14.9. The van der Waals surface area contributed by atoms with Crippen molar-refractivity contribution >= 4 is 5.97 Å². The Morgan fingerprint density at radius 3 is 2.23 bits per heavy atom. The van der Waals surface area contributed by atoms with Gasteiger partial charge in [0.25, 0.3) is 0 Å². The standard InChI is InChI=1S/C18H36NO2.BrH/c1-5-7-8-9-10-11-12-13-14-18(20)21-17-16-19(3,4)15-6-2;/h5H,1,6-17H2,2-4H3;1H/q+1;/p-1. The van der Waals surface area contributed by atoms with Crippen LogP contribution in [0.15, 0.2) is 12.7 Å². The Bertz CT molecular complexity index is 280. The maximum absolute atomic E-state index is 11.6. The lowest BCUT2D eigenvalue weighted by molar-refractivity contribution is -0.890. The molecule has 0 aromatic rings. The van der Waals surface area contributed by atoms with Gasteiger partial charge in [-0.3, -0.25) is 4.79 Å². The Kier molecular flexibility index (Phi) is 16.9. The summed E-state index contributed by atoms with van der Waals surface area (Å²) in [5, 5.41) is 0. The lowest BCUT2D eigenvalue weighted by Gasteiger charge is -2.28. The normalized spacial score (nSPS) is 10.9. The maximum Gasteiger partial charge on any atom is 0.305 e. The number of quaternary nitrogens is 1. The van der Waals surface area contributed by atoms with E-state index in [9.17, 15) is 4.79 Å². The fourth-order valence-corrected chi connectivity index (χ4v) is 2.46. The molecule has 0 saturated heterocycles. The summed E-state index contributed by atoms with van der Waals surface area (Å²) in [6.07, 6.45) is 12.0. The minimum atomic E-state index is -0.0295. The SMILES string of the molecule is C=CCCCCCCCCC(=O)OCC[N+](C)(C)CCC.[Br-]. The second-order valence-corrected chi connectivity index (χ2v) is 6.55. The first kappa shape index (κ1) is 23.9. The van der Waals surface area contributed by atoms with Crippen molar-refractivity contribution in [3.63, 3.8) is 0 Å². The molecule has 0 amide bonds. The Balaban J connectivity index is 0. The molecule has 0 aliphatic carbocycles. The summed E-state index contributed by atoms with van der Waals surface area (Å²) in [4.78, 5) is 11.6. The van der Waals surface area contributed by atoms with Crippen LogP contribution in [0.4, 0.5) is 0 Å². The molecule has 0 radical (unpaired) electrons. The number of unbranched alkanes of at least 4 members (excludes halogenated alkanes) is 6. The highest BCUT2D eigenvalue weighted by atomic mass is 79.9. The Morgan fingerprint density at radius 2 is 1.64 bits per heavy atom. The molecule has 0 unspecified atom stereocenters. The van der Waals surface area contributed by atoms with E-state index in [2.05, 4.69) is 27.6 Å². The third-order valence-electron chi connectivity index (χ3n) is 3.83. The number of ether oxygens (including phenoxy) is 1. The van der Waals surface area contributed by atoms with Crippen LogP contribution < -0.4 is 17.0 Å². The number of hydrogen-bond donors (Lipinski definition) is 0. The molecule has 0 spiro atoms. The first-order chi connectivity index (χ1) is 10.0. The minimum absolute atomic E-state index is 0. The van der Waals surface area contributed by atoms with Crippen molar-refractivity contribution in [2.45, 2.75) is 64.7 Å². The Labute approximate surface area is 148 Å². The number of hydrogen-bond acceptors (Lipinski definition) is 2. The third-order valence-corrected chi connectivity index (χ3v) is 3.83. The van der Waals surface area contributed by atoms with E-state index in [-0.39, 0.29) is 23.0 Å². The highest BCUT2D eigenvalue weighted by Gasteiger charge is 2.14. The fraction of sp³-hybridized carbons (Fsp3) is 0.833. The molecule has 0 atom stereocenters. The van der Waals surface area contributed by atoms with Gasteiger partial charge in [-0.2, -0.15) is 0 Å². The molecule has 0 aromatic heterocycles. The molecule has 22 heavy (non-hydrogen) atoms. The lowest BCUT2D eigenvalue weighted by Crippen LogP contribution is -3.00. The predicted molar refractivity (Wildman–Crippen MR) is 90.2 cm³/mol. The predicted octanol–water partition coefficient (Wildman–Crippen LogP) is 1.33. The Morgan fingerprint density at radius 1 is 1.05 bits per heavy atom. The van der Waals surface area contributed by atoms with Crippen molar-refractivity contribution in [3.8, 4) is 0 Å². The molecule has 0 heterocycles. The van der Waals surface area contributed by atoms with E-state index in [0.29, 0.717) is 13.0 Å². The quantitative estimate of drug-likeness (QED) is 0.197. The highest BCUT2D eigenvalue weighted by Crippen LogP contribution is 2.09. The molecule has 0 fully saturated rings. The van der Waals surface area contributed by atoms with Crippen molar-refractivity contribution in [1.29, 1.82) is 0 Å². The highest BCUT2D eigenvalue weighted by molar-refractivity contribution is 5.69. The average Bonchev–Trinajstić information content (AvgIpc) is 2.41. The van der Waals surface area contributed by atoms with Crippen LogP contribution in [0.2, 0.25) is 0 Å². The summed E-state index contributed by atoms with van der Waals surface area (Å²) in [5.74, 6) is -0.0295. The summed E-state index contributed by atoms with van der Waals surface area (Å²) >= 11 is 0. The van der Waals surface area contributed by atoms with Crippen LogP contribution in [0.5, 0.6) is 0 Å². The molecular weight excluding hydrogens is 342 g/mol. The van der Waals surface area contributed by atoms with Crippen LogP contribution in [0.3, 0.4) is 0 Å². The Hall–Kier alpha value is -0.350. The summed E-state index contributed by atoms with van der Waals surface area (Å²) in [6, 6.07) is 0. The van der Waals surface area contributed by atoms with E-state index in [4.69, 9.17) is 4.74 Å². The second-order valence-electron chi connectivity index (χ2n) is 6.55. The van der Waals surface area contributed by atoms with Gasteiger partial charge in [0, 0.05) is 6.42 Å². The number of rotatable bonds is 14. The molecule has 132 valence electrons. The molecule has 0 aromatic carbocycles. The number of nitrogens with zero attached hydrogens (tertiary/aromatic N) is 1. The first-order valence-electron chi connectivity index (χ1n) is 8.60. The smallest absolute Gasteiger partial charge is 0.305 e. The average molecular weight is 378 g/mol. The van der Waals surface area contributed by atoms with Crippen molar-refractivity contribution in [2.75, 3.05) is 33.8 Å². The summed E-state index contributed by atoms with van der Waals surface area (Å²) < 4.78 is 6.24. The molecular formula is C18H36BrNO2. The summed E-state index contributed by atoms with van der Waals surface area (Å²) in [5.41, 5.74) is 0. The van der Waals surface area contributed by atoms with Crippen molar-refractivity contribution in [1.82, 2.24) is 0 Å². The zero-order chi connectivity index (χ0) is 16.0. The van der Waals surface area contributed by atoms with Crippen LogP contribution in [0, 0.1) is 0 Å². The van der Waals surface area contributed by atoms with Gasteiger partial charge in [0.15, 0.2) is 0 Å². The van der Waals surface area contributed by atoms with Crippen LogP contribution >= 0.6 is 0 Å². The van der Waals surface area contributed by atoms with E-state index in [1.165, 1.54) is 25.7 Å². The third kappa shape index (κ3) is 16.0. The minimum Gasteiger partial charge on any atom is -1.00 e. The number of likely N-dealkylation sites (N-methyl/N-ethyl adjacent to an activating group) is 1. The van der Waals surface area contributed by atoms with E-state index >= 15 is 0 Å². The molecule has 4 heteroatoms. The van der Waals surface area contributed by atoms with Crippen LogP contribution in [0.25, 0.3) is 0 Å². The molecule has 0 rings (SSSR count). The fourth-order valence-electron chi connectivity index (χ4n) is 2.46. The number of carbonyl (C=O) groups excluding carboxylic acids is 1. The van der Waals surface area contributed by atoms with Gasteiger partial charge in [-0.05, 0) is 25.7 Å². The molecule has 0 aliphatic rings. The van der Waals surface area contributed by atoms with E-state index in [0.717, 1.165) is 43.3 Å². The summed E-state index contributed by atoms with van der Waals surface area (Å²) in [7, 11) is 4.37. The molecule has 0 aliphatic heterocycles. The zero-order valence-corrected chi connectivity index (χ0v) is 16.5. The molecule has 3 nitrogen and oxygen atoms in total. The van der Waals surface area contributed by atoms with Gasteiger partial charge < -0.3 is 26.2 Å². The van der Waals surface area contributed by atoms with Crippen LogP contribution in [-0.4, -0.2) is 44.2 Å². The van der Waals surface area contributed by atoms with Gasteiger partial charge in [0.05, 0.1) is 20.6 Å². The number of allylic oxidation sites excluding steroid dienone is 1. The van der Waals surface area contributed by atoms with E-state index in [1.807, 2.05) is 6.08 Å². The first-order valence-corrected chi connectivity index (χ1v) is 8.60. The van der Waals surface area contributed by atoms with Gasteiger partial charge >= 0.3 is 5.97 Å². The van der Waals surface area contributed by atoms with Crippen molar-refractivity contribution in [2.24, 2.45) is 0 Å². The van der Waals surface area contributed by atoms with Crippen LogP contribution in [-0.2, 0) is 9.53 Å². The van der Waals surface area contributed by atoms with Gasteiger partial charge in [-0.1, -0.05) is 38.7 Å². The lowest BCUT2D eigenvalue weighted by atomic mass is 10.1. The largest absolute Gasteiger partial charge is 1.00 e. The number of carbonyl (C=O) groups is 1. The molecule has 0 saturated carbocycles. The van der Waals surface area contributed by atoms with Gasteiger partial charge in [-0.25, -0.2) is 0 Å². The topological polar surface area (TPSA) is 26.3 Å². The van der Waals surface area contributed by atoms with Crippen LogP contribution in [0.1, 0.15) is 64.7 Å². The van der Waals surface area contributed by atoms with Gasteiger partial charge in [0.2, 0.25) is 0 Å². The molecule has 0 bridgehead atoms. The summed E-state index contributed by atoms with van der Waals surface area (Å²) in [6.45, 7) is 8.49. The van der Waals surface area contributed by atoms with Gasteiger partial charge in [-0.15, -0.1) is 6.58 Å². The van der Waals surface area contributed by atoms with Crippen molar-refractivity contribution < 1.29 is 31.0 Å². The molecule has 0 N–H and O–H groups in total. The number of esters is 1. The van der Waals surface area contributed by atoms with Gasteiger partial charge in [0.1, 0.15) is 13.2 Å².